The molecule has 156 valence electrons. The van der Waals surface area contributed by atoms with E-state index in [0.29, 0.717) is 30.2 Å². The van der Waals surface area contributed by atoms with Crippen LogP contribution in [0.3, 0.4) is 0 Å². The van der Waals surface area contributed by atoms with Gasteiger partial charge in [-0.2, -0.15) is 4.31 Å². The monoisotopic (exact) mass is 417 g/mol. The van der Waals surface area contributed by atoms with Crippen molar-refractivity contribution in [3.63, 3.8) is 0 Å². The number of thiazole rings is 1. The topological polar surface area (TPSA) is 79.4 Å². The van der Waals surface area contributed by atoms with Crippen LogP contribution in [-0.2, 0) is 16.6 Å². The summed E-state index contributed by atoms with van der Waals surface area (Å²) >= 11 is 1.34. The highest BCUT2D eigenvalue weighted by Gasteiger charge is 2.23. The second kappa shape index (κ2) is 13.2. The molecule has 6 nitrogen and oxygen atoms in total. The van der Waals surface area contributed by atoms with E-state index in [1.54, 1.807) is 5.38 Å². The third-order valence-electron chi connectivity index (χ3n) is 4.25. The average molecular weight is 418 g/mol. The number of hydrogen-bond acceptors (Lipinski definition) is 5. The highest BCUT2D eigenvalue weighted by Crippen LogP contribution is 2.17. The van der Waals surface area contributed by atoms with E-state index in [9.17, 15) is 13.2 Å². The number of nitrogens with zero attached hydrogens (tertiary/aromatic N) is 2. The SMILES string of the molecule is CCCCCCCCS(=O)(=O)N(CCC)Cc1nc(C(=O)NCCC)cs1. The lowest BCUT2D eigenvalue weighted by Gasteiger charge is -2.20. The molecule has 0 saturated carbocycles. The quantitative estimate of drug-likeness (QED) is 0.434. The van der Waals surface area contributed by atoms with Gasteiger partial charge in [0.05, 0.1) is 12.3 Å². The first-order valence-corrected chi connectivity index (χ1v) is 12.6. The number of amides is 1. The van der Waals surface area contributed by atoms with Gasteiger partial charge in [0.15, 0.2) is 0 Å². The molecule has 1 amide bonds. The van der Waals surface area contributed by atoms with Gasteiger partial charge in [0.1, 0.15) is 10.7 Å². The molecule has 0 aliphatic heterocycles. The minimum absolute atomic E-state index is 0.189. The number of carbonyl (C=O) groups excluding carboxylic acids is 1. The van der Waals surface area contributed by atoms with Crippen molar-refractivity contribution in [3.05, 3.63) is 16.1 Å². The van der Waals surface area contributed by atoms with Crippen molar-refractivity contribution >= 4 is 27.3 Å². The Labute approximate surface area is 168 Å². The van der Waals surface area contributed by atoms with Crippen LogP contribution in [0.15, 0.2) is 5.38 Å². The van der Waals surface area contributed by atoms with Crippen LogP contribution in [0, 0.1) is 0 Å². The number of hydrogen-bond donors (Lipinski definition) is 1. The van der Waals surface area contributed by atoms with E-state index in [2.05, 4.69) is 17.2 Å². The van der Waals surface area contributed by atoms with E-state index in [1.165, 1.54) is 34.9 Å². The van der Waals surface area contributed by atoms with Crippen LogP contribution >= 0.6 is 11.3 Å². The lowest BCUT2D eigenvalue weighted by atomic mass is 10.1. The van der Waals surface area contributed by atoms with Gasteiger partial charge in [-0.1, -0.05) is 52.9 Å². The Morgan fingerprint density at radius 2 is 1.78 bits per heavy atom. The Morgan fingerprint density at radius 3 is 2.44 bits per heavy atom. The van der Waals surface area contributed by atoms with Gasteiger partial charge in [-0.25, -0.2) is 13.4 Å². The van der Waals surface area contributed by atoms with E-state index >= 15 is 0 Å². The molecule has 0 unspecified atom stereocenters. The van der Waals surface area contributed by atoms with E-state index < -0.39 is 10.0 Å². The standard InChI is InChI=1S/C19H35N3O3S2/c1-4-7-8-9-10-11-14-27(24,25)22(13-6-3)15-18-21-17(16-26-18)19(23)20-12-5-2/h16H,4-15H2,1-3H3,(H,20,23). The zero-order valence-corrected chi connectivity index (χ0v) is 18.6. The fourth-order valence-electron chi connectivity index (χ4n) is 2.73. The summed E-state index contributed by atoms with van der Waals surface area (Å²) in [6, 6.07) is 0. The molecular weight excluding hydrogens is 382 g/mol. The van der Waals surface area contributed by atoms with Gasteiger partial charge < -0.3 is 5.32 Å². The van der Waals surface area contributed by atoms with Crippen molar-refractivity contribution in [2.24, 2.45) is 0 Å². The van der Waals surface area contributed by atoms with Gasteiger partial charge in [0.2, 0.25) is 10.0 Å². The van der Waals surface area contributed by atoms with E-state index in [4.69, 9.17) is 0 Å². The van der Waals surface area contributed by atoms with Crippen molar-refractivity contribution in [3.8, 4) is 0 Å². The fourth-order valence-corrected chi connectivity index (χ4v) is 5.20. The van der Waals surface area contributed by atoms with E-state index in [-0.39, 0.29) is 18.2 Å². The first kappa shape index (κ1) is 24.0. The van der Waals surface area contributed by atoms with E-state index in [0.717, 1.165) is 25.7 Å². The Morgan fingerprint density at radius 1 is 1.07 bits per heavy atom. The van der Waals surface area contributed by atoms with Gasteiger partial charge >= 0.3 is 0 Å². The van der Waals surface area contributed by atoms with Crippen LogP contribution in [0.2, 0.25) is 0 Å². The van der Waals surface area contributed by atoms with Crippen LogP contribution in [0.1, 0.15) is 87.6 Å². The lowest BCUT2D eigenvalue weighted by molar-refractivity contribution is 0.0949. The second-order valence-corrected chi connectivity index (χ2v) is 9.83. The molecule has 0 aliphatic rings. The molecule has 1 heterocycles. The molecule has 0 bridgehead atoms. The summed E-state index contributed by atoms with van der Waals surface area (Å²) in [7, 11) is -3.30. The smallest absolute Gasteiger partial charge is 0.270 e. The summed E-state index contributed by atoms with van der Waals surface area (Å²) in [5.74, 6) is -0.00901. The van der Waals surface area contributed by atoms with E-state index in [1.807, 2.05) is 13.8 Å². The van der Waals surface area contributed by atoms with Crippen LogP contribution in [-0.4, -0.2) is 42.5 Å². The largest absolute Gasteiger partial charge is 0.351 e. The Kier molecular flexibility index (Phi) is 11.8. The zero-order valence-electron chi connectivity index (χ0n) is 17.0. The summed E-state index contributed by atoms with van der Waals surface area (Å²) in [5.41, 5.74) is 0.369. The van der Waals surface area contributed by atoms with Crippen molar-refractivity contribution in [2.45, 2.75) is 78.7 Å². The predicted molar refractivity (Wildman–Crippen MR) is 113 cm³/mol. The second-order valence-electron chi connectivity index (χ2n) is 6.80. The van der Waals surface area contributed by atoms with Crippen LogP contribution < -0.4 is 5.32 Å². The Bertz CT molecular complexity index is 644. The van der Waals surface area contributed by atoms with Crippen molar-refractivity contribution in [1.29, 1.82) is 0 Å². The molecule has 1 aromatic heterocycles. The van der Waals surface area contributed by atoms with Crippen molar-refractivity contribution in [1.82, 2.24) is 14.6 Å². The summed E-state index contributed by atoms with van der Waals surface area (Å²) < 4.78 is 27.0. The molecule has 0 fully saturated rings. The molecule has 0 saturated heterocycles. The normalized spacial score (nSPS) is 11.9. The van der Waals surface area contributed by atoms with Gasteiger partial charge in [0.25, 0.3) is 5.91 Å². The fraction of sp³-hybridized carbons (Fsp3) is 0.789. The lowest BCUT2D eigenvalue weighted by Crippen LogP contribution is -2.33. The maximum Gasteiger partial charge on any atom is 0.270 e. The molecular formula is C19H35N3O3S2. The third-order valence-corrected chi connectivity index (χ3v) is 6.99. The first-order chi connectivity index (χ1) is 12.9. The van der Waals surface area contributed by atoms with Crippen LogP contribution in [0.25, 0.3) is 0 Å². The zero-order chi connectivity index (χ0) is 20.1. The summed E-state index contributed by atoms with van der Waals surface area (Å²) in [4.78, 5) is 16.3. The summed E-state index contributed by atoms with van der Waals surface area (Å²) in [6.45, 7) is 7.47. The number of carbonyl (C=O) groups is 1. The van der Waals surface area contributed by atoms with Gasteiger partial charge in [-0.05, 0) is 19.3 Å². The molecule has 0 spiro atoms. The van der Waals surface area contributed by atoms with Crippen LogP contribution in [0.5, 0.6) is 0 Å². The van der Waals surface area contributed by atoms with Gasteiger partial charge in [-0.15, -0.1) is 11.3 Å². The minimum Gasteiger partial charge on any atom is -0.351 e. The molecule has 1 N–H and O–H groups in total. The first-order valence-electron chi connectivity index (χ1n) is 10.1. The maximum atomic E-state index is 12.7. The number of unbranched alkanes of at least 4 members (excludes halogenated alkanes) is 5. The molecule has 0 aliphatic carbocycles. The number of nitrogens with one attached hydrogen (secondary N) is 1. The van der Waals surface area contributed by atoms with Gasteiger partial charge in [-0.3, -0.25) is 4.79 Å². The molecule has 1 rings (SSSR count). The number of sulfonamides is 1. The average Bonchev–Trinajstić information content (AvgIpc) is 3.11. The third kappa shape index (κ3) is 9.17. The molecule has 0 radical (unpaired) electrons. The van der Waals surface area contributed by atoms with Gasteiger partial charge in [0, 0.05) is 18.5 Å². The molecule has 1 aromatic rings. The molecule has 8 heteroatoms. The Balaban J connectivity index is 2.61. The molecule has 27 heavy (non-hydrogen) atoms. The Hall–Kier alpha value is -0.990. The van der Waals surface area contributed by atoms with Crippen LogP contribution in [0.4, 0.5) is 0 Å². The minimum atomic E-state index is -3.30. The highest BCUT2D eigenvalue weighted by atomic mass is 32.2. The predicted octanol–water partition coefficient (Wildman–Crippen LogP) is 4.19. The maximum absolute atomic E-state index is 12.7. The number of aromatic nitrogens is 1. The summed E-state index contributed by atoms with van der Waals surface area (Å²) in [5, 5.41) is 5.16. The summed E-state index contributed by atoms with van der Waals surface area (Å²) in [6.07, 6.45) is 7.96. The highest BCUT2D eigenvalue weighted by molar-refractivity contribution is 7.89. The molecule has 0 atom stereocenters. The number of rotatable bonds is 15. The molecule has 0 aromatic carbocycles. The van der Waals surface area contributed by atoms with Crippen molar-refractivity contribution < 1.29 is 13.2 Å². The van der Waals surface area contributed by atoms with Crippen molar-refractivity contribution in [2.75, 3.05) is 18.8 Å².